The molecule has 1 atom stereocenters. The van der Waals surface area contributed by atoms with Gasteiger partial charge in [-0.05, 0) is 62.3 Å². The summed E-state index contributed by atoms with van der Waals surface area (Å²) in [6.45, 7) is 8.45. The van der Waals surface area contributed by atoms with Crippen molar-refractivity contribution in [2.45, 2.75) is 44.4 Å². The van der Waals surface area contributed by atoms with E-state index >= 15 is 0 Å². The standard InChI is InChI=1S/C23H29N3O4S3/c1-4-30-11-10-26-19-14-16(2)13-17(3)21(19)32-23(26)24-22(27)18-7-5-9-25(15-18)33(28,29)20-8-6-12-31-20/h6,8,12-14,18H,4-5,7,9-11,15H2,1-3H3. The molecular weight excluding hydrogens is 478 g/mol. The van der Waals surface area contributed by atoms with E-state index in [1.54, 1.807) is 17.5 Å². The van der Waals surface area contributed by atoms with Crippen LogP contribution in [0.1, 0.15) is 30.9 Å². The van der Waals surface area contributed by atoms with Gasteiger partial charge in [-0.3, -0.25) is 4.79 Å². The maximum atomic E-state index is 13.2. The fourth-order valence-corrected chi connectivity index (χ4v) is 7.98. The minimum Gasteiger partial charge on any atom is -0.380 e. The first-order valence-corrected chi connectivity index (χ1v) is 14.3. The van der Waals surface area contributed by atoms with Crippen LogP contribution >= 0.6 is 22.7 Å². The van der Waals surface area contributed by atoms with E-state index in [1.165, 1.54) is 27.0 Å². The predicted octanol–water partition coefficient (Wildman–Crippen LogP) is 3.95. The summed E-state index contributed by atoms with van der Waals surface area (Å²) in [6.07, 6.45) is 1.28. The van der Waals surface area contributed by atoms with E-state index in [-0.39, 0.29) is 12.5 Å². The molecule has 0 saturated carbocycles. The largest absolute Gasteiger partial charge is 0.380 e. The van der Waals surface area contributed by atoms with Crippen LogP contribution < -0.4 is 4.80 Å². The number of fused-ring (bicyclic) bond motifs is 1. The highest BCUT2D eigenvalue weighted by atomic mass is 32.2. The van der Waals surface area contributed by atoms with E-state index in [1.807, 2.05) is 6.92 Å². The Bertz CT molecular complexity index is 1310. The first-order valence-electron chi connectivity index (χ1n) is 11.1. The number of nitrogens with zero attached hydrogens (tertiary/aromatic N) is 3. The van der Waals surface area contributed by atoms with Gasteiger partial charge in [-0.1, -0.05) is 23.5 Å². The number of piperidine rings is 1. The number of aryl methyl sites for hydroxylation is 2. The van der Waals surface area contributed by atoms with E-state index in [2.05, 4.69) is 35.5 Å². The number of thiazole rings is 1. The average molecular weight is 508 g/mol. The molecule has 4 rings (SSSR count). The number of hydrogen-bond donors (Lipinski definition) is 0. The van der Waals surface area contributed by atoms with E-state index in [0.717, 1.165) is 21.3 Å². The summed E-state index contributed by atoms with van der Waals surface area (Å²) in [5.41, 5.74) is 3.36. The maximum Gasteiger partial charge on any atom is 0.252 e. The third-order valence-corrected chi connectivity index (χ3v) is 10.3. The van der Waals surface area contributed by atoms with Crippen molar-refractivity contribution in [3.63, 3.8) is 0 Å². The van der Waals surface area contributed by atoms with E-state index in [4.69, 9.17) is 4.74 Å². The van der Waals surface area contributed by atoms with Gasteiger partial charge in [0.2, 0.25) is 0 Å². The molecule has 178 valence electrons. The molecule has 1 fully saturated rings. The van der Waals surface area contributed by atoms with Crippen LogP contribution in [-0.2, 0) is 26.1 Å². The molecule has 1 aliphatic rings. The monoisotopic (exact) mass is 507 g/mol. The lowest BCUT2D eigenvalue weighted by Crippen LogP contribution is -2.42. The van der Waals surface area contributed by atoms with E-state index in [9.17, 15) is 13.2 Å². The molecule has 0 aliphatic carbocycles. The van der Waals surface area contributed by atoms with Crippen molar-refractivity contribution in [3.05, 3.63) is 45.6 Å². The van der Waals surface area contributed by atoms with Gasteiger partial charge in [0, 0.05) is 26.2 Å². The summed E-state index contributed by atoms with van der Waals surface area (Å²) in [5, 5.41) is 1.75. The summed E-state index contributed by atoms with van der Waals surface area (Å²) < 4.78 is 36.4. The van der Waals surface area contributed by atoms with Gasteiger partial charge in [0.25, 0.3) is 15.9 Å². The van der Waals surface area contributed by atoms with Crippen LogP contribution in [-0.4, -0.2) is 49.5 Å². The lowest BCUT2D eigenvalue weighted by molar-refractivity contribution is -0.122. The Morgan fingerprint density at radius 1 is 1.30 bits per heavy atom. The first kappa shape index (κ1) is 24.3. The molecular formula is C23H29N3O4S3. The quantitative estimate of drug-likeness (QED) is 0.454. The van der Waals surface area contributed by atoms with Crippen LogP contribution in [0.4, 0.5) is 0 Å². The summed E-state index contributed by atoms with van der Waals surface area (Å²) in [6, 6.07) is 7.58. The zero-order valence-corrected chi connectivity index (χ0v) is 21.6. The second-order valence-corrected chi connectivity index (χ2v) is 12.3. The molecule has 0 N–H and O–H groups in total. The van der Waals surface area contributed by atoms with Crippen molar-refractivity contribution in [3.8, 4) is 0 Å². The number of rotatable bonds is 7. The van der Waals surface area contributed by atoms with Crippen molar-refractivity contribution in [1.82, 2.24) is 8.87 Å². The van der Waals surface area contributed by atoms with E-state index in [0.29, 0.717) is 48.2 Å². The van der Waals surface area contributed by atoms with Crippen molar-refractivity contribution in [2.24, 2.45) is 10.9 Å². The lowest BCUT2D eigenvalue weighted by Gasteiger charge is -2.29. The van der Waals surface area contributed by atoms with Crippen LogP contribution in [0, 0.1) is 19.8 Å². The van der Waals surface area contributed by atoms with Gasteiger partial charge in [-0.15, -0.1) is 11.3 Å². The third-order valence-electron chi connectivity index (χ3n) is 5.81. The van der Waals surface area contributed by atoms with Crippen LogP contribution in [0.25, 0.3) is 10.2 Å². The van der Waals surface area contributed by atoms with Gasteiger partial charge in [0.05, 0.1) is 22.7 Å². The third kappa shape index (κ3) is 5.14. The number of aromatic nitrogens is 1. The van der Waals surface area contributed by atoms with Crippen molar-refractivity contribution >= 4 is 48.8 Å². The normalized spacial score (nSPS) is 18.3. The molecule has 3 aromatic rings. The summed E-state index contributed by atoms with van der Waals surface area (Å²) in [7, 11) is -3.57. The number of carbonyl (C=O) groups excluding carboxylic acids is 1. The molecule has 1 aliphatic heterocycles. The van der Waals surface area contributed by atoms with Crippen LogP contribution in [0.15, 0.2) is 38.8 Å². The Labute approximate surface area is 202 Å². The molecule has 7 nitrogen and oxygen atoms in total. The van der Waals surface area contributed by atoms with Crippen molar-refractivity contribution in [2.75, 3.05) is 26.3 Å². The highest BCUT2D eigenvalue weighted by molar-refractivity contribution is 7.91. The molecule has 2 aromatic heterocycles. The number of carbonyl (C=O) groups is 1. The van der Waals surface area contributed by atoms with Crippen molar-refractivity contribution < 1.29 is 17.9 Å². The van der Waals surface area contributed by atoms with Crippen LogP contribution in [0.3, 0.4) is 0 Å². The second-order valence-electron chi connectivity index (χ2n) is 8.25. The molecule has 1 unspecified atom stereocenters. The molecule has 0 spiro atoms. The SMILES string of the molecule is CCOCCn1c(=NC(=O)C2CCCN(S(=O)(=O)c3cccs3)C2)sc2c(C)cc(C)cc21. The fourth-order valence-electron chi connectivity index (χ4n) is 4.20. The van der Waals surface area contributed by atoms with Gasteiger partial charge in [0.1, 0.15) is 4.21 Å². The molecule has 0 radical (unpaired) electrons. The number of benzene rings is 1. The predicted molar refractivity (Wildman–Crippen MR) is 132 cm³/mol. The van der Waals surface area contributed by atoms with Gasteiger partial charge < -0.3 is 9.30 Å². The second kappa shape index (κ2) is 10.2. The van der Waals surface area contributed by atoms with Gasteiger partial charge in [-0.25, -0.2) is 8.42 Å². The Morgan fingerprint density at radius 3 is 2.85 bits per heavy atom. The number of sulfonamides is 1. The van der Waals surface area contributed by atoms with E-state index < -0.39 is 15.9 Å². The number of thiophene rings is 1. The fraction of sp³-hybridized carbons (Fsp3) is 0.478. The molecule has 1 saturated heterocycles. The molecule has 10 heteroatoms. The maximum absolute atomic E-state index is 13.2. The molecule has 33 heavy (non-hydrogen) atoms. The number of hydrogen-bond acceptors (Lipinski definition) is 6. The van der Waals surface area contributed by atoms with Gasteiger partial charge in [-0.2, -0.15) is 9.30 Å². The Kier molecular flexibility index (Phi) is 7.49. The topological polar surface area (TPSA) is 81.0 Å². The minimum atomic E-state index is -3.57. The number of ether oxygens (including phenoxy) is 1. The summed E-state index contributed by atoms with van der Waals surface area (Å²) >= 11 is 2.70. The highest BCUT2D eigenvalue weighted by Crippen LogP contribution is 2.27. The van der Waals surface area contributed by atoms with Gasteiger partial charge >= 0.3 is 0 Å². The smallest absolute Gasteiger partial charge is 0.252 e. The Morgan fingerprint density at radius 2 is 2.12 bits per heavy atom. The zero-order valence-electron chi connectivity index (χ0n) is 19.1. The first-order chi connectivity index (χ1) is 15.8. The highest BCUT2D eigenvalue weighted by Gasteiger charge is 2.33. The summed E-state index contributed by atoms with van der Waals surface area (Å²) in [4.78, 5) is 18.4. The lowest BCUT2D eigenvalue weighted by atomic mass is 9.99. The average Bonchev–Trinajstić information content (AvgIpc) is 3.44. The number of amides is 1. The molecule has 1 aromatic carbocycles. The molecule has 3 heterocycles. The van der Waals surface area contributed by atoms with Gasteiger partial charge in [0.15, 0.2) is 4.80 Å². The Balaban J connectivity index is 1.65. The van der Waals surface area contributed by atoms with Crippen LogP contribution in [0.2, 0.25) is 0 Å². The Hall–Kier alpha value is -1.85. The van der Waals surface area contributed by atoms with Crippen LogP contribution in [0.5, 0.6) is 0 Å². The molecule has 1 amide bonds. The minimum absolute atomic E-state index is 0.171. The molecule has 0 bridgehead atoms. The van der Waals surface area contributed by atoms with Crippen molar-refractivity contribution in [1.29, 1.82) is 0 Å². The zero-order chi connectivity index (χ0) is 23.6. The summed E-state index contributed by atoms with van der Waals surface area (Å²) in [5.74, 6) is -0.700.